The second-order valence-electron chi connectivity index (χ2n) is 7.74. The highest BCUT2D eigenvalue weighted by Gasteiger charge is 2.27. The predicted octanol–water partition coefficient (Wildman–Crippen LogP) is 4.29. The number of aromatic nitrogens is 1. The summed E-state index contributed by atoms with van der Waals surface area (Å²) in [5, 5.41) is 7.35. The van der Waals surface area contributed by atoms with Gasteiger partial charge in [0.2, 0.25) is 5.91 Å². The fourth-order valence-electron chi connectivity index (χ4n) is 3.90. The lowest BCUT2D eigenvalue weighted by atomic mass is 9.99. The molecule has 2 aromatic carbocycles. The maximum absolute atomic E-state index is 12.4. The normalized spacial score (nSPS) is 14.6. The van der Waals surface area contributed by atoms with Crippen molar-refractivity contribution in [2.75, 3.05) is 20.8 Å². The lowest BCUT2D eigenvalue weighted by Crippen LogP contribution is -2.35. The summed E-state index contributed by atoms with van der Waals surface area (Å²) in [5.41, 5.74) is 4.33. The number of amides is 1. The van der Waals surface area contributed by atoms with Crippen LogP contribution in [0.25, 0.3) is 11.1 Å². The van der Waals surface area contributed by atoms with Crippen LogP contribution in [0.3, 0.4) is 0 Å². The van der Waals surface area contributed by atoms with Crippen LogP contribution in [0, 0.1) is 13.8 Å². The minimum absolute atomic E-state index is 0.105. The number of hydrogen-bond acceptors (Lipinski definition) is 6. The van der Waals surface area contributed by atoms with Crippen molar-refractivity contribution in [2.24, 2.45) is 0 Å². The van der Waals surface area contributed by atoms with Gasteiger partial charge in [0, 0.05) is 23.1 Å². The molecule has 0 unspecified atom stereocenters. The quantitative estimate of drug-likeness (QED) is 0.571. The van der Waals surface area contributed by atoms with Crippen LogP contribution in [0.2, 0.25) is 5.02 Å². The third-order valence-corrected chi connectivity index (χ3v) is 5.90. The van der Waals surface area contributed by atoms with Gasteiger partial charge in [-0.25, -0.2) is 0 Å². The standard InChI is InChI=1S/C24H25ClN2O5/c1-13-19(14(2)32-27-13)11-23(28)26-12-18-8-16-7-15(9-21(25)24(16)31-18)20-10-17(29-3)5-6-22(20)30-4/h5-7,9-10,18H,8,11-12H2,1-4H3,(H,26,28)/t18-/m1/s1. The molecule has 0 fully saturated rings. The molecule has 1 amide bonds. The molecule has 1 N–H and O–H groups in total. The van der Waals surface area contributed by atoms with E-state index in [-0.39, 0.29) is 18.4 Å². The molecule has 8 heteroatoms. The molecule has 4 rings (SSSR count). The van der Waals surface area contributed by atoms with Gasteiger partial charge in [0.05, 0.1) is 37.9 Å². The van der Waals surface area contributed by atoms with Crippen molar-refractivity contribution in [2.45, 2.75) is 32.8 Å². The maximum atomic E-state index is 12.4. The van der Waals surface area contributed by atoms with Gasteiger partial charge in [-0.2, -0.15) is 0 Å². The molecule has 1 aliphatic rings. The van der Waals surface area contributed by atoms with Crippen molar-refractivity contribution in [1.29, 1.82) is 0 Å². The number of halogens is 1. The summed E-state index contributed by atoms with van der Waals surface area (Å²) in [6.45, 7) is 4.01. The first-order valence-electron chi connectivity index (χ1n) is 10.3. The summed E-state index contributed by atoms with van der Waals surface area (Å²) in [7, 11) is 3.25. The minimum Gasteiger partial charge on any atom is -0.497 e. The van der Waals surface area contributed by atoms with Gasteiger partial charge >= 0.3 is 0 Å². The molecule has 0 aliphatic carbocycles. The average molecular weight is 457 g/mol. The SMILES string of the molecule is COc1ccc(OC)c(-c2cc(Cl)c3c(c2)C[C@H](CNC(=O)Cc2c(C)noc2C)O3)c1. The van der Waals surface area contributed by atoms with E-state index >= 15 is 0 Å². The van der Waals surface area contributed by atoms with Crippen molar-refractivity contribution in [3.05, 3.63) is 57.9 Å². The predicted molar refractivity (Wildman–Crippen MR) is 121 cm³/mol. The monoisotopic (exact) mass is 456 g/mol. The lowest BCUT2D eigenvalue weighted by Gasteiger charge is -2.13. The molecule has 168 valence electrons. The van der Waals surface area contributed by atoms with E-state index in [1.165, 1.54) is 0 Å². The third kappa shape index (κ3) is 4.39. The highest BCUT2D eigenvalue weighted by molar-refractivity contribution is 6.32. The molecule has 1 aliphatic heterocycles. The highest BCUT2D eigenvalue weighted by Crippen LogP contribution is 2.42. The first-order valence-corrected chi connectivity index (χ1v) is 10.7. The van der Waals surface area contributed by atoms with E-state index in [1.54, 1.807) is 21.1 Å². The van der Waals surface area contributed by atoms with Crippen LogP contribution >= 0.6 is 11.6 Å². The number of carbonyl (C=O) groups is 1. The Hall–Kier alpha value is -3.19. The number of rotatable bonds is 7. The fourth-order valence-corrected chi connectivity index (χ4v) is 4.19. The largest absolute Gasteiger partial charge is 0.497 e. The van der Waals surface area contributed by atoms with E-state index in [4.69, 9.17) is 30.3 Å². The fraction of sp³-hybridized carbons (Fsp3) is 0.333. The topological polar surface area (TPSA) is 82.8 Å². The van der Waals surface area contributed by atoms with Crippen molar-refractivity contribution >= 4 is 17.5 Å². The van der Waals surface area contributed by atoms with E-state index in [1.807, 2.05) is 37.3 Å². The summed E-state index contributed by atoms with van der Waals surface area (Å²) in [4.78, 5) is 12.4. The number of aryl methyl sites for hydroxylation is 2. The van der Waals surface area contributed by atoms with Crippen LogP contribution in [-0.4, -0.2) is 37.9 Å². The number of methoxy groups -OCH3 is 2. The van der Waals surface area contributed by atoms with Gasteiger partial charge in [-0.1, -0.05) is 16.8 Å². The Labute approximate surface area is 191 Å². The van der Waals surface area contributed by atoms with Crippen LogP contribution in [0.4, 0.5) is 0 Å². The Balaban J connectivity index is 1.46. The van der Waals surface area contributed by atoms with Gasteiger partial charge in [-0.05, 0) is 49.7 Å². The molecule has 0 spiro atoms. The Bertz CT molecular complexity index is 1140. The second-order valence-corrected chi connectivity index (χ2v) is 8.15. The first-order chi connectivity index (χ1) is 15.4. The number of nitrogens with zero attached hydrogens (tertiary/aromatic N) is 1. The first kappa shape index (κ1) is 22.0. The summed E-state index contributed by atoms with van der Waals surface area (Å²) in [5.74, 6) is 2.67. The van der Waals surface area contributed by atoms with Gasteiger partial charge in [0.1, 0.15) is 29.1 Å². The summed E-state index contributed by atoms with van der Waals surface area (Å²) in [6, 6.07) is 9.53. The number of benzene rings is 2. The van der Waals surface area contributed by atoms with E-state index in [9.17, 15) is 4.79 Å². The molecular formula is C24H25ClN2O5. The van der Waals surface area contributed by atoms with E-state index in [2.05, 4.69) is 10.5 Å². The van der Waals surface area contributed by atoms with Gasteiger partial charge in [-0.15, -0.1) is 0 Å². The molecule has 1 aromatic heterocycles. The summed E-state index contributed by atoms with van der Waals surface area (Å²) < 4.78 is 22.0. The second kappa shape index (κ2) is 9.12. The van der Waals surface area contributed by atoms with Gasteiger partial charge in [0.25, 0.3) is 0 Å². The summed E-state index contributed by atoms with van der Waals surface area (Å²) in [6.07, 6.45) is 0.667. The summed E-state index contributed by atoms with van der Waals surface area (Å²) >= 11 is 6.55. The number of carbonyl (C=O) groups excluding carboxylic acids is 1. The molecule has 0 saturated carbocycles. The smallest absolute Gasteiger partial charge is 0.224 e. The highest BCUT2D eigenvalue weighted by atomic mass is 35.5. The van der Waals surface area contributed by atoms with Crippen molar-refractivity contribution in [3.8, 4) is 28.4 Å². The van der Waals surface area contributed by atoms with E-state index < -0.39 is 0 Å². The van der Waals surface area contributed by atoms with Crippen LogP contribution in [-0.2, 0) is 17.6 Å². The Morgan fingerprint density at radius 3 is 2.72 bits per heavy atom. The minimum atomic E-state index is -0.196. The molecule has 2 heterocycles. The number of hydrogen-bond donors (Lipinski definition) is 1. The molecule has 0 bridgehead atoms. The zero-order chi connectivity index (χ0) is 22.8. The van der Waals surface area contributed by atoms with Crippen LogP contribution in [0.1, 0.15) is 22.6 Å². The average Bonchev–Trinajstić information content (AvgIpc) is 3.35. The number of fused-ring (bicyclic) bond motifs is 1. The zero-order valence-electron chi connectivity index (χ0n) is 18.5. The van der Waals surface area contributed by atoms with Crippen LogP contribution < -0.4 is 19.5 Å². The Morgan fingerprint density at radius 2 is 2.03 bits per heavy atom. The van der Waals surface area contributed by atoms with Gasteiger partial charge < -0.3 is 24.1 Å². The molecule has 0 radical (unpaired) electrons. The molecule has 3 aromatic rings. The molecule has 7 nitrogen and oxygen atoms in total. The number of ether oxygens (including phenoxy) is 3. The molecule has 0 saturated heterocycles. The van der Waals surface area contributed by atoms with Gasteiger partial charge in [0.15, 0.2) is 0 Å². The van der Waals surface area contributed by atoms with Crippen molar-refractivity contribution < 1.29 is 23.5 Å². The van der Waals surface area contributed by atoms with Crippen LogP contribution in [0.5, 0.6) is 17.2 Å². The Morgan fingerprint density at radius 1 is 1.22 bits per heavy atom. The molecule has 1 atom stereocenters. The maximum Gasteiger partial charge on any atom is 0.224 e. The third-order valence-electron chi connectivity index (χ3n) is 5.62. The van der Waals surface area contributed by atoms with Crippen molar-refractivity contribution in [3.63, 3.8) is 0 Å². The van der Waals surface area contributed by atoms with E-state index in [0.717, 1.165) is 39.4 Å². The van der Waals surface area contributed by atoms with Crippen molar-refractivity contribution in [1.82, 2.24) is 10.5 Å². The van der Waals surface area contributed by atoms with Crippen LogP contribution in [0.15, 0.2) is 34.9 Å². The van der Waals surface area contributed by atoms with Gasteiger partial charge in [-0.3, -0.25) is 4.79 Å². The molecular weight excluding hydrogens is 432 g/mol. The molecule has 32 heavy (non-hydrogen) atoms. The Kier molecular flexibility index (Phi) is 6.28. The number of nitrogens with one attached hydrogen (secondary N) is 1. The lowest BCUT2D eigenvalue weighted by molar-refractivity contribution is -0.120. The zero-order valence-corrected chi connectivity index (χ0v) is 19.2. The van der Waals surface area contributed by atoms with E-state index in [0.29, 0.717) is 29.5 Å².